The molecular formula is C22H19O2. The van der Waals surface area contributed by atoms with Gasteiger partial charge in [-0.25, -0.2) is 9.90 Å². The summed E-state index contributed by atoms with van der Waals surface area (Å²) < 4.78 is 0. The van der Waals surface area contributed by atoms with E-state index in [1.807, 2.05) is 74.5 Å². The summed E-state index contributed by atoms with van der Waals surface area (Å²) in [4.78, 5) is 11.8. The van der Waals surface area contributed by atoms with Crippen LogP contribution in [0.25, 0.3) is 22.3 Å². The molecule has 119 valence electrons. The van der Waals surface area contributed by atoms with Crippen LogP contribution in [-0.4, -0.2) is 5.97 Å². The predicted molar refractivity (Wildman–Crippen MR) is 96.5 cm³/mol. The van der Waals surface area contributed by atoms with Crippen LogP contribution in [0.15, 0.2) is 60.7 Å². The van der Waals surface area contributed by atoms with E-state index >= 15 is 0 Å². The summed E-state index contributed by atoms with van der Waals surface area (Å²) in [5, 5.41) is 11.8. The van der Waals surface area contributed by atoms with Crippen LogP contribution < -0.4 is 0 Å². The highest BCUT2D eigenvalue weighted by atomic mass is 16.4. The summed E-state index contributed by atoms with van der Waals surface area (Å²) in [6.07, 6.45) is 0. The highest BCUT2D eigenvalue weighted by Gasteiger charge is 2.23. The number of hydrogen-bond acceptors (Lipinski definition) is 1. The van der Waals surface area contributed by atoms with E-state index in [4.69, 9.17) is 0 Å². The topological polar surface area (TPSA) is 37.0 Å². The molecule has 3 aromatic rings. The summed E-state index contributed by atoms with van der Waals surface area (Å²) in [7, 11) is 0. The van der Waals surface area contributed by atoms with E-state index in [0.29, 0.717) is 5.56 Å². The third-order valence-corrected chi connectivity index (χ3v) is 4.58. The minimum atomic E-state index is -1.13. The molecule has 0 aliphatic heterocycles. The van der Waals surface area contributed by atoms with E-state index in [0.717, 1.165) is 38.9 Å². The maximum absolute atomic E-state index is 11.8. The van der Waals surface area contributed by atoms with E-state index in [9.17, 15) is 9.90 Å². The van der Waals surface area contributed by atoms with Crippen LogP contribution in [0.2, 0.25) is 0 Å². The molecule has 2 heteroatoms. The fourth-order valence-corrected chi connectivity index (χ4v) is 3.60. The normalized spacial score (nSPS) is 10.6. The average Bonchev–Trinajstić information content (AvgIpc) is 2.56. The smallest absolute Gasteiger partial charge is 0.241 e. The Kier molecular flexibility index (Phi) is 4.22. The molecule has 2 nitrogen and oxygen atoms in total. The number of hydrogen-bond donors (Lipinski definition) is 0. The van der Waals surface area contributed by atoms with Crippen LogP contribution in [-0.2, 0) is 5.11 Å². The van der Waals surface area contributed by atoms with Crippen LogP contribution in [0.3, 0.4) is 0 Å². The summed E-state index contributed by atoms with van der Waals surface area (Å²) >= 11 is 0. The van der Waals surface area contributed by atoms with Gasteiger partial charge in [-0.2, -0.15) is 0 Å². The Balaban J connectivity index is 2.43. The second-order valence-electron chi connectivity index (χ2n) is 6.02. The fraction of sp³-hybridized carbons (Fsp3) is 0.136. The zero-order valence-corrected chi connectivity index (χ0v) is 14.1. The van der Waals surface area contributed by atoms with Crippen molar-refractivity contribution < 1.29 is 9.90 Å². The first kappa shape index (κ1) is 16.0. The Morgan fingerprint density at radius 1 is 0.625 bits per heavy atom. The highest BCUT2D eigenvalue weighted by Crippen LogP contribution is 2.39. The zero-order valence-electron chi connectivity index (χ0n) is 14.1. The Hall–Kier alpha value is -2.87. The first-order chi connectivity index (χ1) is 11.5. The molecular weight excluding hydrogens is 296 g/mol. The first-order valence-electron chi connectivity index (χ1n) is 7.98. The molecule has 0 bridgehead atoms. The average molecular weight is 315 g/mol. The van der Waals surface area contributed by atoms with Crippen LogP contribution in [0.1, 0.15) is 27.0 Å². The van der Waals surface area contributed by atoms with Gasteiger partial charge in [-0.15, -0.1) is 0 Å². The van der Waals surface area contributed by atoms with Crippen molar-refractivity contribution in [1.29, 1.82) is 0 Å². The Bertz CT molecular complexity index is 828. The van der Waals surface area contributed by atoms with Gasteiger partial charge in [0.1, 0.15) is 0 Å². The molecule has 3 rings (SSSR count). The quantitative estimate of drug-likeness (QED) is 0.627. The highest BCUT2D eigenvalue weighted by molar-refractivity contribution is 5.98. The minimum absolute atomic E-state index is 0.290. The molecule has 3 aromatic carbocycles. The van der Waals surface area contributed by atoms with Gasteiger partial charge >= 0.3 is 5.97 Å². The number of carbonyl (C=O) groups excluding carboxylic acids is 1. The molecule has 0 N–H and O–H groups in total. The van der Waals surface area contributed by atoms with E-state index in [1.165, 1.54) is 0 Å². The van der Waals surface area contributed by atoms with Crippen LogP contribution in [0, 0.1) is 20.8 Å². The lowest BCUT2D eigenvalue weighted by Crippen LogP contribution is -2.07. The maximum atomic E-state index is 11.8. The van der Waals surface area contributed by atoms with Crippen molar-refractivity contribution in [2.75, 3.05) is 0 Å². The molecule has 0 saturated heterocycles. The summed E-state index contributed by atoms with van der Waals surface area (Å²) in [5.74, 6) is -1.13. The lowest BCUT2D eigenvalue weighted by atomic mass is 9.83. The first-order valence-corrected chi connectivity index (χ1v) is 7.98. The minimum Gasteiger partial charge on any atom is -0.241 e. The van der Waals surface area contributed by atoms with Crippen molar-refractivity contribution in [2.45, 2.75) is 20.8 Å². The van der Waals surface area contributed by atoms with E-state index in [2.05, 4.69) is 6.92 Å². The van der Waals surface area contributed by atoms with Crippen LogP contribution in [0.4, 0.5) is 0 Å². The Labute approximate surface area is 142 Å². The van der Waals surface area contributed by atoms with Gasteiger partial charge in [0.15, 0.2) is 0 Å². The second kappa shape index (κ2) is 6.32. The molecule has 1 radical (unpaired) electrons. The molecule has 24 heavy (non-hydrogen) atoms. The fourth-order valence-electron chi connectivity index (χ4n) is 3.60. The Morgan fingerprint density at radius 3 is 1.33 bits per heavy atom. The van der Waals surface area contributed by atoms with Gasteiger partial charge in [0.2, 0.25) is 0 Å². The largest absolute Gasteiger partial charge is 0.386 e. The van der Waals surface area contributed by atoms with E-state index in [-0.39, 0.29) is 0 Å². The van der Waals surface area contributed by atoms with Crippen molar-refractivity contribution in [3.05, 3.63) is 82.9 Å². The van der Waals surface area contributed by atoms with Gasteiger partial charge in [0.05, 0.1) is 5.56 Å². The molecule has 0 aliphatic carbocycles. The lowest BCUT2D eigenvalue weighted by Gasteiger charge is -2.20. The van der Waals surface area contributed by atoms with Gasteiger partial charge in [-0.1, -0.05) is 60.7 Å². The molecule has 0 spiro atoms. The molecule has 0 saturated carbocycles. The zero-order chi connectivity index (χ0) is 17.3. The SMILES string of the molecule is Cc1c(C([O])=O)c(C)c(-c2ccccc2)c(C)c1-c1ccccc1. The summed E-state index contributed by atoms with van der Waals surface area (Å²) in [5.41, 5.74) is 6.88. The van der Waals surface area contributed by atoms with Gasteiger partial charge in [0.25, 0.3) is 0 Å². The predicted octanol–water partition coefficient (Wildman–Crippen LogP) is 5.52. The van der Waals surface area contributed by atoms with Crippen LogP contribution >= 0.6 is 0 Å². The summed E-state index contributed by atoms with van der Waals surface area (Å²) in [6, 6.07) is 19.8. The molecule has 0 atom stereocenters. The van der Waals surface area contributed by atoms with Gasteiger partial charge in [0, 0.05) is 0 Å². The molecule has 0 fully saturated rings. The Morgan fingerprint density at radius 2 is 1.00 bits per heavy atom. The van der Waals surface area contributed by atoms with Crippen molar-refractivity contribution in [3.63, 3.8) is 0 Å². The van der Waals surface area contributed by atoms with Crippen molar-refractivity contribution in [3.8, 4) is 22.3 Å². The van der Waals surface area contributed by atoms with Gasteiger partial charge in [-0.05, 0) is 59.7 Å². The van der Waals surface area contributed by atoms with Crippen molar-refractivity contribution in [2.24, 2.45) is 0 Å². The molecule has 0 amide bonds. The summed E-state index contributed by atoms with van der Waals surface area (Å²) in [6.45, 7) is 5.79. The van der Waals surface area contributed by atoms with Crippen molar-refractivity contribution >= 4 is 5.97 Å². The van der Waals surface area contributed by atoms with Crippen molar-refractivity contribution in [1.82, 2.24) is 0 Å². The lowest BCUT2D eigenvalue weighted by molar-refractivity contribution is 0.0571. The van der Waals surface area contributed by atoms with Crippen LogP contribution in [0.5, 0.6) is 0 Å². The number of benzene rings is 3. The second-order valence-corrected chi connectivity index (χ2v) is 6.02. The van der Waals surface area contributed by atoms with Gasteiger partial charge in [-0.3, -0.25) is 0 Å². The monoisotopic (exact) mass is 315 g/mol. The van der Waals surface area contributed by atoms with E-state index in [1.54, 1.807) is 0 Å². The maximum Gasteiger partial charge on any atom is 0.386 e. The molecule has 0 heterocycles. The molecule has 0 aliphatic rings. The molecule has 0 aromatic heterocycles. The number of rotatable bonds is 3. The number of carbonyl (C=O) groups is 1. The van der Waals surface area contributed by atoms with Gasteiger partial charge < -0.3 is 0 Å². The third-order valence-electron chi connectivity index (χ3n) is 4.58. The standard InChI is InChI=1S/C22H19O2/c1-14-19(17-10-6-4-7-11-17)15(2)21(22(23)24)16(3)20(14)18-12-8-5-9-13-18/h4-13H,1-3H3. The molecule has 0 unspecified atom stereocenters. The van der Waals surface area contributed by atoms with E-state index < -0.39 is 5.97 Å². The third kappa shape index (κ3) is 2.61.